The number of rotatable bonds is 8. The molecule has 0 spiro atoms. The third-order valence-electron chi connectivity index (χ3n) is 4.91. The lowest BCUT2D eigenvalue weighted by Gasteiger charge is -2.13. The summed E-state index contributed by atoms with van der Waals surface area (Å²) in [5, 5.41) is 9.91. The van der Waals surface area contributed by atoms with Crippen LogP contribution in [-0.4, -0.2) is 43.5 Å². The van der Waals surface area contributed by atoms with Crippen molar-refractivity contribution in [2.24, 2.45) is 0 Å². The second-order valence-electron chi connectivity index (χ2n) is 7.14. The summed E-state index contributed by atoms with van der Waals surface area (Å²) in [6.07, 6.45) is -4.04. The van der Waals surface area contributed by atoms with Crippen molar-refractivity contribution in [3.63, 3.8) is 0 Å². The third-order valence-corrected chi connectivity index (χ3v) is 5.89. The first-order valence-corrected chi connectivity index (χ1v) is 10.6. The van der Waals surface area contributed by atoms with Crippen LogP contribution in [0.15, 0.2) is 40.3 Å². The number of nitrogens with zero attached hydrogens (tertiary/aromatic N) is 3. The van der Waals surface area contributed by atoms with E-state index >= 15 is 0 Å². The average Bonchev–Trinajstić information content (AvgIpc) is 2.98. The van der Waals surface area contributed by atoms with Crippen molar-refractivity contribution >= 4 is 28.4 Å². The molecule has 0 bridgehead atoms. The molecule has 3 rings (SSSR count). The highest BCUT2D eigenvalue weighted by molar-refractivity contribution is 7.99. The minimum Gasteiger partial charge on any atom is -0.396 e. The number of halogens is 3. The standard InChI is InChI=1S/C21H22F3N3O3S/c1-13-10-16(14(2)27(13)12-21(22,23)24)18(29)11-31-20-25-17-7-4-3-6-15(17)19(30)26(20)8-5-9-28/h3-4,6-7,10,28H,5,8-9,11-12H2,1-2H3. The molecule has 3 aromatic rings. The van der Waals surface area contributed by atoms with Crippen LogP contribution in [-0.2, 0) is 13.1 Å². The fraction of sp³-hybridized carbons (Fsp3) is 0.381. The fourth-order valence-corrected chi connectivity index (χ4v) is 4.31. The molecule has 2 aromatic heterocycles. The predicted octanol–water partition coefficient (Wildman–Crippen LogP) is 3.73. The molecule has 1 N–H and O–H groups in total. The first-order valence-electron chi connectivity index (χ1n) is 9.62. The third kappa shape index (κ3) is 5.19. The number of para-hydroxylation sites is 1. The molecule has 0 saturated carbocycles. The lowest BCUT2D eigenvalue weighted by atomic mass is 10.2. The first-order chi connectivity index (χ1) is 14.6. The molecule has 0 radical (unpaired) electrons. The summed E-state index contributed by atoms with van der Waals surface area (Å²) in [6, 6.07) is 8.30. The molecule has 166 valence electrons. The highest BCUT2D eigenvalue weighted by Crippen LogP contribution is 2.25. The van der Waals surface area contributed by atoms with E-state index in [2.05, 4.69) is 4.98 Å². The Hall–Kier alpha value is -2.59. The highest BCUT2D eigenvalue weighted by atomic mass is 32.2. The van der Waals surface area contributed by atoms with Crippen molar-refractivity contribution in [1.82, 2.24) is 14.1 Å². The summed E-state index contributed by atoms with van der Waals surface area (Å²) in [5.41, 5.74) is 1.05. The van der Waals surface area contributed by atoms with Gasteiger partial charge in [0.25, 0.3) is 5.56 Å². The van der Waals surface area contributed by atoms with Crippen molar-refractivity contribution in [3.05, 3.63) is 57.6 Å². The molecule has 0 atom stereocenters. The number of aliphatic hydroxyl groups excluding tert-OH is 1. The van der Waals surface area contributed by atoms with E-state index < -0.39 is 12.7 Å². The van der Waals surface area contributed by atoms with E-state index in [4.69, 9.17) is 5.11 Å². The Morgan fingerprint density at radius 1 is 1.19 bits per heavy atom. The molecule has 2 heterocycles. The number of aryl methyl sites for hydroxylation is 1. The van der Waals surface area contributed by atoms with Crippen LogP contribution in [0.25, 0.3) is 10.9 Å². The zero-order valence-corrected chi connectivity index (χ0v) is 17.9. The Morgan fingerprint density at radius 2 is 1.90 bits per heavy atom. The van der Waals surface area contributed by atoms with Crippen molar-refractivity contribution < 1.29 is 23.1 Å². The number of carbonyl (C=O) groups is 1. The van der Waals surface area contributed by atoms with Gasteiger partial charge in [-0.2, -0.15) is 13.2 Å². The summed E-state index contributed by atoms with van der Waals surface area (Å²) in [6.45, 7) is 2.00. The molecule has 0 unspecified atom stereocenters. The van der Waals surface area contributed by atoms with Gasteiger partial charge in [-0.05, 0) is 38.5 Å². The highest BCUT2D eigenvalue weighted by Gasteiger charge is 2.30. The van der Waals surface area contributed by atoms with Gasteiger partial charge >= 0.3 is 6.18 Å². The molecule has 31 heavy (non-hydrogen) atoms. The topological polar surface area (TPSA) is 77.1 Å². The maximum absolute atomic E-state index is 12.8. The molecule has 10 heteroatoms. The smallest absolute Gasteiger partial charge is 0.396 e. The van der Waals surface area contributed by atoms with Gasteiger partial charge in [0.15, 0.2) is 10.9 Å². The molecular weight excluding hydrogens is 431 g/mol. The van der Waals surface area contributed by atoms with E-state index in [-0.39, 0.29) is 41.5 Å². The van der Waals surface area contributed by atoms with Crippen LogP contribution in [0, 0.1) is 13.8 Å². The van der Waals surface area contributed by atoms with Crippen LogP contribution >= 0.6 is 11.8 Å². The molecule has 0 saturated heterocycles. The molecular formula is C21H22F3N3O3S. The molecule has 0 fully saturated rings. The van der Waals surface area contributed by atoms with Gasteiger partial charge in [-0.15, -0.1) is 0 Å². The second-order valence-corrected chi connectivity index (χ2v) is 8.09. The summed E-state index contributed by atoms with van der Waals surface area (Å²) in [4.78, 5) is 30.1. The average molecular weight is 453 g/mol. The Labute approximate surface area is 180 Å². The van der Waals surface area contributed by atoms with Crippen molar-refractivity contribution in [2.75, 3.05) is 12.4 Å². The number of aromatic nitrogens is 3. The SMILES string of the molecule is Cc1cc(C(=O)CSc2nc3ccccc3c(=O)n2CCCO)c(C)n1CC(F)(F)F. The molecule has 1 aromatic carbocycles. The second kappa shape index (κ2) is 9.27. The zero-order chi connectivity index (χ0) is 22.8. The van der Waals surface area contributed by atoms with Crippen molar-refractivity contribution in [1.29, 1.82) is 0 Å². The summed E-state index contributed by atoms with van der Waals surface area (Å²) in [7, 11) is 0. The number of hydrogen-bond acceptors (Lipinski definition) is 5. The maximum Gasteiger partial charge on any atom is 0.406 e. The van der Waals surface area contributed by atoms with Gasteiger partial charge in [-0.1, -0.05) is 23.9 Å². The van der Waals surface area contributed by atoms with Crippen LogP contribution in [0.4, 0.5) is 13.2 Å². The van der Waals surface area contributed by atoms with E-state index in [0.717, 1.165) is 16.3 Å². The molecule has 0 aliphatic rings. The molecule has 6 nitrogen and oxygen atoms in total. The minimum atomic E-state index is -4.39. The Balaban J connectivity index is 1.88. The van der Waals surface area contributed by atoms with Gasteiger partial charge in [-0.3, -0.25) is 14.2 Å². The summed E-state index contributed by atoms with van der Waals surface area (Å²) < 4.78 is 41.0. The van der Waals surface area contributed by atoms with Crippen LogP contribution in [0.5, 0.6) is 0 Å². The molecule has 0 aliphatic carbocycles. The van der Waals surface area contributed by atoms with Crippen LogP contribution < -0.4 is 5.56 Å². The van der Waals surface area contributed by atoms with Crippen LogP contribution in [0.2, 0.25) is 0 Å². The lowest BCUT2D eigenvalue weighted by molar-refractivity contribution is -0.141. The van der Waals surface area contributed by atoms with E-state index in [9.17, 15) is 22.8 Å². The number of alkyl halides is 3. The minimum absolute atomic E-state index is 0.0831. The number of fused-ring (bicyclic) bond motifs is 1. The fourth-order valence-electron chi connectivity index (χ4n) is 3.40. The molecule has 0 aliphatic heterocycles. The largest absolute Gasteiger partial charge is 0.406 e. The van der Waals surface area contributed by atoms with E-state index in [0.29, 0.717) is 28.2 Å². The quantitative estimate of drug-likeness (QED) is 0.320. The number of benzene rings is 1. The summed E-state index contributed by atoms with van der Waals surface area (Å²) in [5.74, 6) is -0.428. The number of aliphatic hydroxyl groups is 1. The number of ketones is 1. The van der Waals surface area contributed by atoms with Crippen molar-refractivity contribution in [2.45, 2.75) is 44.7 Å². The van der Waals surface area contributed by atoms with E-state index in [1.807, 2.05) is 0 Å². The predicted molar refractivity (Wildman–Crippen MR) is 113 cm³/mol. The van der Waals surface area contributed by atoms with Crippen molar-refractivity contribution in [3.8, 4) is 0 Å². The van der Waals surface area contributed by atoms with Crippen LogP contribution in [0.1, 0.15) is 28.2 Å². The maximum atomic E-state index is 12.8. The Bertz CT molecular complexity index is 1170. The van der Waals surface area contributed by atoms with Crippen LogP contribution in [0.3, 0.4) is 0 Å². The lowest BCUT2D eigenvalue weighted by Crippen LogP contribution is -2.24. The van der Waals surface area contributed by atoms with Gasteiger partial charge in [0.2, 0.25) is 0 Å². The number of carbonyl (C=O) groups excluding carboxylic acids is 1. The summed E-state index contributed by atoms with van der Waals surface area (Å²) >= 11 is 1.06. The van der Waals surface area contributed by atoms with Gasteiger partial charge in [0.1, 0.15) is 6.54 Å². The first kappa shape index (κ1) is 23.1. The van der Waals surface area contributed by atoms with Gasteiger partial charge in [0, 0.05) is 30.1 Å². The monoisotopic (exact) mass is 453 g/mol. The van der Waals surface area contributed by atoms with E-state index in [1.54, 1.807) is 24.3 Å². The van der Waals surface area contributed by atoms with Gasteiger partial charge < -0.3 is 9.67 Å². The van der Waals surface area contributed by atoms with E-state index in [1.165, 1.54) is 24.5 Å². The molecule has 0 amide bonds. The number of thioether (sulfide) groups is 1. The Kier molecular flexibility index (Phi) is 6.90. The normalized spacial score (nSPS) is 11.9. The number of hydrogen-bond donors (Lipinski definition) is 1. The van der Waals surface area contributed by atoms with Gasteiger partial charge in [-0.25, -0.2) is 4.98 Å². The number of Topliss-reactive ketones (excluding diaryl/α,β-unsaturated/α-hetero) is 1. The van der Waals surface area contributed by atoms with Gasteiger partial charge in [0.05, 0.1) is 16.7 Å². The Morgan fingerprint density at radius 3 is 2.58 bits per heavy atom. The zero-order valence-electron chi connectivity index (χ0n) is 17.1.